The fourth-order valence-corrected chi connectivity index (χ4v) is 5.13. The van der Waals surface area contributed by atoms with E-state index in [4.69, 9.17) is 21.3 Å². The van der Waals surface area contributed by atoms with Crippen LogP contribution in [0.4, 0.5) is 29.5 Å². The molecule has 2 aliphatic heterocycles. The summed E-state index contributed by atoms with van der Waals surface area (Å²) in [6, 6.07) is 7.44. The van der Waals surface area contributed by atoms with Crippen molar-refractivity contribution in [1.82, 2.24) is 14.9 Å². The zero-order chi connectivity index (χ0) is 27.6. The normalized spacial score (nSPS) is 19.0. The molecule has 208 valence electrons. The van der Waals surface area contributed by atoms with Crippen molar-refractivity contribution in [3.05, 3.63) is 53.2 Å². The number of anilines is 2. The Hall–Kier alpha value is -3.74. The minimum absolute atomic E-state index is 0.0972. The van der Waals surface area contributed by atoms with Crippen LogP contribution in [-0.4, -0.2) is 64.7 Å². The van der Waals surface area contributed by atoms with Crippen molar-refractivity contribution < 1.29 is 32.4 Å². The number of nitrogens with one attached hydrogen (secondary N) is 1. The third-order valence-corrected chi connectivity index (χ3v) is 7.22. The number of nitrogens with zero attached hydrogens (tertiary/aromatic N) is 5. The van der Waals surface area contributed by atoms with E-state index in [9.17, 15) is 22.8 Å². The van der Waals surface area contributed by atoms with Gasteiger partial charge in [0, 0.05) is 50.9 Å². The summed E-state index contributed by atoms with van der Waals surface area (Å²) in [6.45, 7) is 1.67. The highest BCUT2D eigenvalue weighted by Crippen LogP contribution is 2.39. The van der Waals surface area contributed by atoms with E-state index in [-0.39, 0.29) is 11.5 Å². The average molecular weight is 567 g/mol. The molecule has 39 heavy (non-hydrogen) atoms. The number of carbonyl (C=O) groups excluding carboxylic acids is 2. The molecule has 3 aliphatic rings. The monoisotopic (exact) mass is 566 g/mol. The van der Waals surface area contributed by atoms with E-state index < -0.39 is 29.5 Å². The van der Waals surface area contributed by atoms with Gasteiger partial charge in [-0.3, -0.25) is 10.1 Å². The summed E-state index contributed by atoms with van der Waals surface area (Å²) < 4.78 is 38.6. The lowest BCUT2D eigenvalue weighted by Gasteiger charge is -2.39. The Kier molecular flexibility index (Phi) is 7.43. The van der Waals surface area contributed by atoms with Crippen LogP contribution in [0.1, 0.15) is 37.7 Å². The number of rotatable bonds is 4. The zero-order valence-electron chi connectivity index (χ0n) is 20.8. The Labute approximate surface area is 227 Å². The van der Waals surface area contributed by atoms with E-state index in [1.54, 1.807) is 23.2 Å². The summed E-state index contributed by atoms with van der Waals surface area (Å²) in [5.74, 6) is 0.00851. The summed E-state index contributed by atoms with van der Waals surface area (Å²) in [5, 5.41) is 8.08. The van der Waals surface area contributed by atoms with E-state index in [0.29, 0.717) is 49.9 Å². The number of aromatic nitrogens is 1. The molecule has 1 N–H and O–H groups in total. The fraction of sp³-hybridized carbons (Fsp3) is 0.440. The largest absolute Gasteiger partial charge is 0.436 e. The number of halogens is 4. The molecule has 2 amide bonds. The SMILES string of the molecule is O=C(Nc1ccc(C(F)(F)F)cc1)ON1C(C(=O)N2CCN(c3ncccc3Cl)CC2)=NOC12CCCCC2. The molecule has 0 radical (unpaired) electrons. The second-order valence-corrected chi connectivity index (χ2v) is 9.88. The van der Waals surface area contributed by atoms with Crippen LogP contribution in [0.3, 0.4) is 0 Å². The third kappa shape index (κ3) is 5.68. The van der Waals surface area contributed by atoms with Crippen LogP contribution >= 0.6 is 11.6 Å². The minimum atomic E-state index is -4.50. The Morgan fingerprint density at radius 2 is 1.72 bits per heavy atom. The first kappa shape index (κ1) is 26.9. The number of piperazine rings is 1. The number of pyridine rings is 1. The maximum absolute atomic E-state index is 13.5. The standard InChI is InChI=1S/C25H26ClF3N6O4/c26-19-5-4-12-30-20(19)33-13-15-34(16-14-33)22(36)21-32-39-24(10-2-1-3-11-24)35(21)38-23(37)31-18-8-6-17(7-9-18)25(27,28)29/h4-9,12H,1-3,10-11,13-16H2,(H,31,37). The maximum Gasteiger partial charge on any atom is 0.436 e. The van der Waals surface area contributed by atoms with E-state index in [2.05, 4.69) is 15.5 Å². The number of alkyl halides is 3. The van der Waals surface area contributed by atoms with Crippen molar-refractivity contribution in [3.8, 4) is 0 Å². The summed E-state index contributed by atoms with van der Waals surface area (Å²) in [5.41, 5.74) is -1.87. The molecule has 1 saturated heterocycles. The van der Waals surface area contributed by atoms with E-state index in [1.165, 1.54) is 0 Å². The zero-order valence-corrected chi connectivity index (χ0v) is 21.5. The van der Waals surface area contributed by atoms with E-state index in [1.807, 2.05) is 4.90 Å². The first-order chi connectivity index (χ1) is 18.7. The molecular formula is C25H26ClF3N6O4. The molecule has 1 spiro atoms. The molecule has 14 heteroatoms. The lowest BCUT2D eigenvalue weighted by Crippen LogP contribution is -2.57. The molecule has 2 aromatic rings. The van der Waals surface area contributed by atoms with Gasteiger partial charge in [-0.05, 0) is 49.2 Å². The molecular weight excluding hydrogens is 541 g/mol. The Morgan fingerprint density at radius 1 is 1.03 bits per heavy atom. The van der Waals surface area contributed by atoms with Gasteiger partial charge in [-0.15, -0.1) is 5.06 Å². The first-order valence-electron chi connectivity index (χ1n) is 12.5. The minimum Gasteiger partial charge on any atom is -0.362 e. The van der Waals surface area contributed by atoms with Crippen molar-refractivity contribution >= 4 is 40.9 Å². The number of amides is 2. The number of hydrogen-bond acceptors (Lipinski definition) is 8. The highest BCUT2D eigenvalue weighted by Gasteiger charge is 2.52. The fourth-order valence-electron chi connectivity index (χ4n) is 4.89. The molecule has 0 atom stereocenters. The molecule has 1 aliphatic carbocycles. The molecule has 5 rings (SSSR count). The number of hydroxylamine groups is 2. The molecule has 10 nitrogen and oxygen atoms in total. The van der Waals surface area contributed by atoms with Gasteiger partial charge in [0.2, 0.25) is 5.72 Å². The van der Waals surface area contributed by atoms with Crippen LogP contribution in [-0.2, 0) is 20.6 Å². The predicted molar refractivity (Wildman–Crippen MR) is 136 cm³/mol. The second-order valence-electron chi connectivity index (χ2n) is 9.47. The lowest BCUT2D eigenvalue weighted by molar-refractivity contribution is -0.225. The van der Waals surface area contributed by atoms with Crippen LogP contribution in [0.2, 0.25) is 5.02 Å². The predicted octanol–water partition coefficient (Wildman–Crippen LogP) is 4.87. The Morgan fingerprint density at radius 3 is 2.36 bits per heavy atom. The van der Waals surface area contributed by atoms with Gasteiger partial charge in [0.25, 0.3) is 11.7 Å². The quantitative estimate of drug-likeness (QED) is 0.563. The van der Waals surface area contributed by atoms with Crippen LogP contribution in [0.25, 0.3) is 0 Å². The highest BCUT2D eigenvalue weighted by atomic mass is 35.5. The van der Waals surface area contributed by atoms with Gasteiger partial charge in [0.05, 0.1) is 10.6 Å². The van der Waals surface area contributed by atoms with Gasteiger partial charge in [0.1, 0.15) is 5.82 Å². The third-order valence-electron chi connectivity index (χ3n) is 6.93. The van der Waals surface area contributed by atoms with Crippen molar-refractivity contribution in [2.45, 2.75) is 44.0 Å². The van der Waals surface area contributed by atoms with Crippen molar-refractivity contribution in [1.29, 1.82) is 0 Å². The molecule has 1 saturated carbocycles. The number of amidine groups is 1. The molecule has 1 aromatic carbocycles. The van der Waals surface area contributed by atoms with Gasteiger partial charge in [-0.25, -0.2) is 9.78 Å². The van der Waals surface area contributed by atoms with Crippen LogP contribution in [0.5, 0.6) is 0 Å². The van der Waals surface area contributed by atoms with Gasteiger partial charge in [-0.1, -0.05) is 23.2 Å². The van der Waals surface area contributed by atoms with Crippen LogP contribution in [0.15, 0.2) is 47.8 Å². The highest BCUT2D eigenvalue weighted by molar-refractivity contribution is 6.37. The van der Waals surface area contributed by atoms with Crippen molar-refractivity contribution in [3.63, 3.8) is 0 Å². The average Bonchev–Trinajstić information content (AvgIpc) is 3.25. The second kappa shape index (κ2) is 10.8. The molecule has 0 unspecified atom stereocenters. The number of benzene rings is 1. The van der Waals surface area contributed by atoms with Crippen molar-refractivity contribution in [2.75, 3.05) is 36.4 Å². The number of oxime groups is 1. The molecule has 2 fully saturated rings. The summed E-state index contributed by atoms with van der Waals surface area (Å²) >= 11 is 6.26. The summed E-state index contributed by atoms with van der Waals surface area (Å²) in [6.07, 6.45) is -0.363. The van der Waals surface area contributed by atoms with Gasteiger partial charge >= 0.3 is 12.3 Å². The van der Waals surface area contributed by atoms with Crippen LogP contribution in [0, 0.1) is 0 Å². The number of hydrogen-bond donors (Lipinski definition) is 1. The first-order valence-corrected chi connectivity index (χ1v) is 12.9. The Balaban J connectivity index is 1.27. The summed E-state index contributed by atoms with van der Waals surface area (Å²) in [4.78, 5) is 45.5. The van der Waals surface area contributed by atoms with Gasteiger partial charge in [-0.2, -0.15) is 13.2 Å². The van der Waals surface area contributed by atoms with E-state index >= 15 is 0 Å². The smallest absolute Gasteiger partial charge is 0.362 e. The van der Waals surface area contributed by atoms with Crippen LogP contribution < -0.4 is 10.2 Å². The molecule has 0 bridgehead atoms. The molecule has 1 aromatic heterocycles. The lowest BCUT2D eigenvalue weighted by atomic mass is 9.91. The number of carbonyl (C=O) groups is 2. The molecule has 3 heterocycles. The topological polar surface area (TPSA) is 99.6 Å². The Bertz CT molecular complexity index is 1250. The summed E-state index contributed by atoms with van der Waals surface area (Å²) in [7, 11) is 0. The maximum atomic E-state index is 13.5. The van der Waals surface area contributed by atoms with Gasteiger partial charge in [0.15, 0.2) is 0 Å². The van der Waals surface area contributed by atoms with Gasteiger partial charge < -0.3 is 19.5 Å². The van der Waals surface area contributed by atoms with E-state index in [0.717, 1.165) is 48.6 Å². The van der Waals surface area contributed by atoms with Crippen molar-refractivity contribution in [2.24, 2.45) is 5.16 Å².